The van der Waals surface area contributed by atoms with Crippen molar-refractivity contribution in [2.45, 2.75) is 45.3 Å². The molecule has 0 radical (unpaired) electrons. The highest BCUT2D eigenvalue weighted by molar-refractivity contribution is 6.74. The van der Waals surface area contributed by atoms with Gasteiger partial charge in [-0.25, -0.2) is 0 Å². The first-order chi connectivity index (χ1) is 6.20. The molecular formula is C11H24O2Si. The summed E-state index contributed by atoms with van der Waals surface area (Å²) in [4.78, 5) is 0. The van der Waals surface area contributed by atoms with Gasteiger partial charge in [0.25, 0.3) is 0 Å². The van der Waals surface area contributed by atoms with Gasteiger partial charge in [0.05, 0.1) is 6.61 Å². The second kappa shape index (κ2) is 5.10. The summed E-state index contributed by atoms with van der Waals surface area (Å²) in [7, 11) is -1.64. The topological polar surface area (TPSA) is 29.5 Å². The predicted molar refractivity (Wildman–Crippen MR) is 64.0 cm³/mol. The summed E-state index contributed by atoms with van der Waals surface area (Å²) in [6.45, 7) is 15.7. The molecule has 0 bridgehead atoms. The van der Waals surface area contributed by atoms with E-state index in [1.165, 1.54) is 0 Å². The molecule has 0 aromatic carbocycles. The van der Waals surface area contributed by atoms with Crippen molar-refractivity contribution in [1.82, 2.24) is 0 Å². The highest BCUT2D eigenvalue weighted by Crippen LogP contribution is 2.36. The Morgan fingerprint density at radius 3 is 2.21 bits per heavy atom. The Bertz CT molecular complexity index is 192. The highest BCUT2D eigenvalue weighted by Gasteiger charge is 2.36. The molecule has 2 nitrogen and oxygen atoms in total. The maximum atomic E-state index is 8.72. The van der Waals surface area contributed by atoms with Gasteiger partial charge in [-0.05, 0) is 24.6 Å². The Morgan fingerprint density at radius 1 is 1.36 bits per heavy atom. The molecule has 0 spiro atoms. The third-order valence-electron chi connectivity index (χ3n) is 2.91. The monoisotopic (exact) mass is 216 g/mol. The first kappa shape index (κ1) is 13.9. The molecule has 0 aromatic rings. The molecule has 0 heterocycles. The van der Waals surface area contributed by atoms with E-state index in [4.69, 9.17) is 9.53 Å². The maximum absolute atomic E-state index is 8.72. The molecule has 14 heavy (non-hydrogen) atoms. The van der Waals surface area contributed by atoms with E-state index in [0.717, 1.165) is 5.57 Å². The van der Waals surface area contributed by atoms with Gasteiger partial charge in [-0.2, -0.15) is 0 Å². The van der Waals surface area contributed by atoms with Crippen LogP contribution in [-0.2, 0) is 4.43 Å². The fourth-order valence-electron chi connectivity index (χ4n) is 0.729. The van der Waals surface area contributed by atoms with E-state index in [-0.39, 0.29) is 11.6 Å². The van der Waals surface area contributed by atoms with Crippen molar-refractivity contribution >= 4 is 8.32 Å². The normalized spacial score (nSPS) is 13.0. The average Bonchev–Trinajstić information content (AvgIpc) is 1.99. The number of hydrogen-bond donors (Lipinski definition) is 1. The minimum Gasteiger partial charge on any atom is -0.413 e. The van der Waals surface area contributed by atoms with E-state index in [0.29, 0.717) is 13.0 Å². The Balaban J connectivity index is 4.06. The molecule has 0 rings (SSSR count). The van der Waals surface area contributed by atoms with Gasteiger partial charge in [0.2, 0.25) is 0 Å². The van der Waals surface area contributed by atoms with E-state index < -0.39 is 8.32 Å². The molecule has 0 aliphatic rings. The van der Waals surface area contributed by atoms with E-state index in [1.54, 1.807) is 0 Å². The molecule has 84 valence electrons. The number of hydrogen-bond acceptors (Lipinski definition) is 2. The van der Waals surface area contributed by atoms with Crippen LogP contribution in [0, 0.1) is 0 Å². The SMILES string of the molecule is C=C(CCO)CO[Si](C)(C)C(C)(C)C. The van der Waals surface area contributed by atoms with Crippen molar-refractivity contribution in [2.75, 3.05) is 13.2 Å². The molecule has 0 fully saturated rings. The minimum absolute atomic E-state index is 0.166. The van der Waals surface area contributed by atoms with E-state index in [1.807, 2.05) is 0 Å². The molecule has 0 atom stereocenters. The summed E-state index contributed by atoms with van der Waals surface area (Å²) in [5.41, 5.74) is 0.984. The van der Waals surface area contributed by atoms with Gasteiger partial charge >= 0.3 is 0 Å². The van der Waals surface area contributed by atoms with Crippen LogP contribution in [0.25, 0.3) is 0 Å². The highest BCUT2D eigenvalue weighted by atomic mass is 28.4. The van der Waals surface area contributed by atoms with Gasteiger partial charge in [-0.1, -0.05) is 32.9 Å². The molecule has 0 aliphatic carbocycles. The van der Waals surface area contributed by atoms with Crippen molar-refractivity contribution in [1.29, 1.82) is 0 Å². The lowest BCUT2D eigenvalue weighted by molar-refractivity contribution is 0.277. The van der Waals surface area contributed by atoms with Gasteiger partial charge in [0.15, 0.2) is 8.32 Å². The van der Waals surface area contributed by atoms with Gasteiger partial charge in [0.1, 0.15) is 0 Å². The van der Waals surface area contributed by atoms with E-state index in [2.05, 4.69) is 40.4 Å². The molecular weight excluding hydrogens is 192 g/mol. The molecule has 0 aromatic heterocycles. The lowest BCUT2D eigenvalue weighted by Gasteiger charge is -2.36. The van der Waals surface area contributed by atoms with E-state index in [9.17, 15) is 0 Å². The molecule has 0 saturated heterocycles. The third-order valence-corrected chi connectivity index (χ3v) is 7.39. The zero-order valence-corrected chi connectivity index (χ0v) is 11.2. The minimum atomic E-state index is -1.64. The largest absolute Gasteiger partial charge is 0.413 e. The summed E-state index contributed by atoms with van der Waals surface area (Å²) in [5.74, 6) is 0. The molecule has 0 aliphatic heterocycles. The van der Waals surface area contributed by atoms with Crippen LogP contribution < -0.4 is 0 Å². The summed E-state index contributed by atoms with van der Waals surface area (Å²) in [6.07, 6.45) is 0.647. The number of rotatable bonds is 5. The van der Waals surface area contributed by atoms with Gasteiger partial charge in [0, 0.05) is 6.61 Å². The Kier molecular flexibility index (Phi) is 5.05. The lowest BCUT2D eigenvalue weighted by atomic mass is 10.2. The molecule has 1 N–H and O–H groups in total. The van der Waals surface area contributed by atoms with Crippen molar-refractivity contribution < 1.29 is 9.53 Å². The van der Waals surface area contributed by atoms with E-state index >= 15 is 0 Å². The van der Waals surface area contributed by atoms with Gasteiger partial charge in [-0.15, -0.1) is 0 Å². The first-order valence-electron chi connectivity index (χ1n) is 5.12. The average molecular weight is 216 g/mol. The fraction of sp³-hybridized carbons (Fsp3) is 0.818. The quantitative estimate of drug-likeness (QED) is 0.565. The summed E-state index contributed by atoms with van der Waals surface area (Å²) in [5, 5.41) is 8.96. The molecule has 0 saturated carbocycles. The zero-order valence-electron chi connectivity index (χ0n) is 10.2. The van der Waals surface area contributed by atoms with Crippen molar-refractivity contribution in [3.63, 3.8) is 0 Å². The zero-order chi connectivity index (χ0) is 11.4. The van der Waals surface area contributed by atoms with Crippen LogP contribution in [0.5, 0.6) is 0 Å². The fourth-order valence-corrected chi connectivity index (χ4v) is 1.73. The smallest absolute Gasteiger partial charge is 0.192 e. The Morgan fingerprint density at radius 2 is 1.86 bits per heavy atom. The van der Waals surface area contributed by atoms with Crippen LogP contribution in [0.3, 0.4) is 0 Å². The van der Waals surface area contributed by atoms with Gasteiger partial charge in [-0.3, -0.25) is 0 Å². The van der Waals surface area contributed by atoms with Crippen LogP contribution in [0.1, 0.15) is 27.2 Å². The Labute approximate surface area is 89.1 Å². The molecule has 3 heteroatoms. The van der Waals surface area contributed by atoms with Crippen LogP contribution in [0.2, 0.25) is 18.1 Å². The third kappa shape index (κ3) is 4.40. The van der Waals surface area contributed by atoms with Gasteiger partial charge < -0.3 is 9.53 Å². The van der Waals surface area contributed by atoms with Crippen LogP contribution in [-0.4, -0.2) is 26.6 Å². The standard InChI is InChI=1S/C11H24O2Si/c1-10(7-8-12)9-13-14(5,6)11(2,3)4/h12H,1,7-9H2,2-6H3. The second-order valence-electron chi connectivity index (χ2n) is 5.27. The first-order valence-corrected chi connectivity index (χ1v) is 8.03. The number of aliphatic hydroxyl groups is 1. The summed E-state index contributed by atoms with van der Waals surface area (Å²) in [6, 6.07) is 0. The second-order valence-corrected chi connectivity index (χ2v) is 10.1. The maximum Gasteiger partial charge on any atom is 0.192 e. The Hall–Kier alpha value is -0.123. The van der Waals surface area contributed by atoms with Crippen LogP contribution >= 0.6 is 0 Å². The van der Waals surface area contributed by atoms with Crippen molar-refractivity contribution in [2.24, 2.45) is 0 Å². The predicted octanol–water partition coefficient (Wildman–Crippen LogP) is 2.95. The number of aliphatic hydroxyl groups excluding tert-OH is 1. The van der Waals surface area contributed by atoms with Crippen molar-refractivity contribution in [3.8, 4) is 0 Å². The van der Waals surface area contributed by atoms with Crippen molar-refractivity contribution in [3.05, 3.63) is 12.2 Å². The summed E-state index contributed by atoms with van der Waals surface area (Å²) < 4.78 is 5.94. The lowest BCUT2D eigenvalue weighted by Crippen LogP contribution is -2.41. The molecule has 0 unspecified atom stereocenters. The van der Waals surface area contributed by atoms with Crippen LogP contribution in [0.4, 0.5) is 0 Å². The molecule has 0 amide bonds. The summed E-state index contributed by atoms with van der Waals surface area (Å²) >= 11 is 0. The van der Waals surface area contributed by atoms with Crippen LogP contribution in [0.15, 0.2) is 12.2 Å².